The van der Waals surface area contributed by atoms with E-state index in [9.17, 15) is 0 Å². The van der Waals surface area contributed by atoms with Crippen LogP contribution in [-0.4, -0.2) is 18.8 Å². The lowest BCUT2D eigenvalue weighted by molar-refractivity contribution is 0.393. The number of rotatable bonds is 3. The molecule has 0 radical (unpaired) electrons. The van der Waals surface area contributed by atoms with Crippen molar-refractivity contribution in [3.8, 4) is 0 Å². The topological polar surface area (TPSA) is 15.6 Å². The van der Waals surface area contributed by atoms with Crippen LogP contribution in [0.25, 0.3) is 10.8 Å². The summed E-state index contributed by atoms with van der Waals surface area (Å²) in [5.41, 5.74) is 6.45. The monoisotopic (exact) mass is 382 g/mol. The number of hydrogen-bond donors (Lipinski definition) is 0. The lowest BCUT2D eigenvalue weighted by Crippen LogP contribution is -2.53. The highest BCUT2D eigenvalue weighted by molar-refractivity contribution is 5.99. The van der Waals surface area contributed by atoms with E-state index in [1.54, 1.807) is 0 Å². The molecule has 1 aliphatic heterocycles. The maximum Gasteiger partial charge on any atom is 0.0815 e. The fourth-order valence-electron chi connectivity index (χ4n) is 5.09. The Balaban J connectivity index is 1.67. The lowest BCUT2D eigenvalue weighted by Gasteiger charge is -2.40. The summed E-state index contributed by atoms with van der Waals surface area (Å²) in [6.45, 7) is 9.24. The van der Waals surface area contributed by atoms with Crippen LogP contribution in [0.15, 0.2) is 59.6 Å². The van der Waals surface area contributed by atoms with Crippen LogP contribution in [0.2, 0.25) is 0 Å². The fraction of sp³-hybridized carbons (Fsp3) is 0.370. The zero-order valence-electron chi connectivity index (χ0n) is 18.2. The van der Waals surface area contributed by atoms with Crippen molar-refractivity contribution in [1.29, 1.82) is 0 Å². The molecule has 3 aromatic carbocycles. The average molecular weight is 383 g/mol. The van der Waals surface area contributed by atoms with Gasteiger partial charge in [0.05, 0.1) is 11.2 Å². The molecule has 148 valence electrons. The Morgan fingerprint density at radius 2 is 1.62 bits per heavy atom. The van der Waals surface area contributed by atoms with Gasteiger partial charge < -0.3 is 4.90 Å². The van der Waals surface area contributed by atoms with Crippen molar-refractivity contribution in [3.63, 3.8) is 0 Å². The Hall–Kier alpha value is -2.61. The van der Waals surface area contributed by atoms with E-state index in [-0.39, 0.29) is 11.0 Å². The SMILES string of the molecule is Cc1cc(C2CC2)c(/N=C\C2(C)N(C)c3ccccc3C2(C)C)c2ccccc12. The van der Waals surface area contributed by atoms with Gasteiger partial charge in [0.15, 0.2) is 0 Å². The van der Waals surface area contributed by atoms with Gasteiger partial charge in [-0.3, -0.25) is 4.99 Å². The molecular formula is C27H30N2. The highest BCUT2D eigenvalue weighted by Crippen LogP contribution is 2.51. The molecule has 1 fully saturated rings. The summed E-state index contributed by atoms with van der Waals surface area (Å²) in [5.74, 6) is 0.671. The Morgan fingerprint density at radius 1 is 0.966 bits per heavy atom. The number of nitrogens with zero attached hydrogens (tertiary/aromatic N) is 2. The van der Waals surface area contributed by atoms with Crippen molar-refractivity contribution in [2.45, 2.75) is 57.4 Å². The molecule has 2 nitrogen and oxygen atoms in total. The number of hydrogen-bond acceptors (Lipinski definition) is 2. The third-order valence-electron chi connectivity index (χ3n) is 7.62. The van der Waals surface area contributed by atoms with E-state index < -0.39 is 0 Å². The summed E-state index contributed by atoms with van der Waals surface area (Å²) in [6.07, 6.45) is 4.79. The van der Waals surface area contributed by atoms with Crippen LogP contribution in [0.1, 0.15) is 56.2 Å². The van der Waals surface area contributed by atoms with Gasteiger partial charge in [-0.25, -0.2) is 0 Å². The minimum absolute atomic E-state index is 0.0257. The molecule has 0 aromatic heterocycles. The first-order valence-corrected chi connectivity index (χ1v) is 10.8. The van der Waals surface area contributed by atoms with E-state index >= 15 is 0 Å². The fourth-order valence-corrected chi connectivity index (χ4v) is 5.09. The minimum Gasteiger partial charge on any atom is -0.363 e. The van der Waals surface area contributed by atoms with E-state index in [4.69, 9.17) is 4.99 Å². The maximum absolute atomic E-state index is 5.25. The molecule has 1 atom stereocenters. The van der Waals surface area contributed by atoms with Crippen LogP contribution in [0.5, 0.6) is 0 Å². The molecular weight excluding hydrogens is 352 g/mol. The van der Waals surface area contributed by atoms with Crippen LogP contribution in [0.4, 0.5) is 11.4 Å². The number of anilines is 1. The van der Waals surface area contributed by atoms with Gasteiger partial charge in [-0.2, -0.15) is 0 Å². The molecule has 5 rings (SSSR count). The first-order chi connectivity index (χ1) is 13.8. The lowest BCUT2D eigenvalue weighted by atomic mass is 9.72. The third kappa shape index (κ3) is 2.58. The highest BCUT2D eigenvalue weighted by atomic mass is 15.2. The second-order valence-electron chi connectivity index (χ2n) is 9.56. The molecule has 1 aliphatic carbocycles. The smallest absolute Gasteiger partial charge is 0.0815 e. The quantitative estimate of drug-likeness (QED) is 0.449. The number of benzene rings is 3. The van der Waals surface area contributed by atoms with Gasteiger partial charge in [0, 0.05) is 29.8 Å². The zero-order valence-corrected chi connectivity index (χ0v) is 18.2. The highest BCUT2D eigenvalue weighted by Gasteiger charge is 2.51. The molecule has 1 saturated carbocycles. The Morgan fingerprint density at radius 3 is 2.31 bits per heavy atom. The maximum atomic E-state index is 5.25. The third-order valence-corrected chi connectivity index (χ3v) is 7.62. The zero-order chi connectivity index (χ0) is 20.4. The number of para-hydroxylation sites is 1. The summed E-state index contributed by atoms with van der Waals surface area (Å²) in [5, 5.41) is 2.60. The number of aryl methyl sites for hydroxylation is 1. The van der Waals surface area contributed by atoms with Crippen LogP contribution in [-0.2, 0) is 5.41 Å². The van der Waals surface area contributed by atoms with Crippen LogP contribution in [0, 0.1) is 6.92 Å². The largest absolute Gasteiger partial charge is 0.363 e. The predicted octanol–water partition coefficient (Wildman–Crippen LogP) is 6.91. The molecule has 0 N–H and O–H groups in total. The van der Waals surface area contributed by atoms with Gasteiger partial charge >= 0.3 is 0 Å². The van der Waals surface area contributed by atoms with E-state index in [1.165, 1.54) is 51.7 Å². The predicted molar refractivity (Wildman–Crippen MR) is 125 cm³/mol. The summed E-state index contributed by atoms with van der Waals surface area (Å²) < 4.78 is 0. The molecule has 2 aliphatic rings. The van der Waals surface area contributed by atoms with Gasteiger partial charge in [-0.1, -0.05) is 62.4 Å². The van der Waals surface area contributed by atoms with Crippen molar-refractivity contribution in [1.82, 2.24) is 0 Å². The van der Waals surface area contributed by atoms with Crippen molar-refractivity contribution in [2.24, 2.45) is 4.99 Å². The average Bonchev–Trinajstić information content (AvgIpc) is 3.55. The van der Waals surface area contributed by atoms with E-state index in [0.29, 0.717) is 5.92 Å². The Kier molecular flexibility index (Phi) is 3.93. The Labute approximate surface area is 174 Å². The second-order valence-corrected chi connectivity index (χ2v) is 9.56. The van der Waals surface area contributed by atoms with Crippen molar-refractivity contribution in [2.75, 3.05) is 11.9 Å². The number of fused-ring (bicyclic) bond motifs is 2. The summed E-state index contributed by atoms with van der Waals surface area (Å²) in [4.78, 5) is 7.65. The number of likely N-dealkylation sites (N-methyl/N-ethyl adjacent to an activating group) is 1. The van der Waals surface area contributed by atoms with Gasteiger partial charge in [0.2, 0.25) is 0 Å². The molecule has 0 amide bonds. The normalized spacial score (nSPS) is 23.1. The summed E-state index contributed by atoms with van der Waals surface area (Å²) >= 11 is 0. The molecule has 0 spiro atoms. The molecule has 29 heavy (non-hydrogen) atoms. The minimum atomic E-state index is -0.191. The molecule has 1 heterocycles. The van der Waals surface area contributed by atoms with E-state index in [2.05, 4.69) is 100 Å². The van der Waals surface area contributed by atoms with Crippen LogP contribution >= 0.6 is 0 Å². The molecule has 0 bridgehead atoms. The first kappa shape index (κ1) is 18.4. The summed E-state index contributed by atoms with van der Waals surface area (Å²) in [7, 11) is 2.20. The second kappa shape index (κ2) is 6.19. The van der Waals surface area contributed by atoms with Crippen molar-refractivity contribution < 1.29 is 0 Å². The van der Waals surface area contributed by atoms with E-state index in [0.717, 1.165) is 0 Å². The van der Waals surface area contributed by atoms with Crippen LogP contribution in [0.3, 0.4) is 0 Å². The number of aliphatic imine (C=N–C) groups is 1. The Bertz CT molecular complexity index is 1140. The molecule has 1 unspecified atom stereocenters. The van der Waals surface area contributed by atoms with E-state index in [1.807, 2.05) is 0 Å². The standard InChI is InChI=1S/C27H30N2/c1-18-16-22(19-14-15-19)25(21-11-7-6-10-20(18)21)28-17-27(4)26(2,3)23-12-8-9-13-24(23)29(27)5/h6-13,16-17,19H,14-15H2,1-5H3/b28-17-. The first-order valence-electron chi connectivity index (χ1n) is 10.8. The van der Waals surface area contributed by atoms with Gasteiger partial charge in [0.1, 0.15) is 0 Å². The summed E-state index contributed by atoms with van der Waals surface area (Å²) in [6, 6.07) is 19.9. The van der Waals surface area contributed by atoms with Crippen molar-refractivity contribution in [3.05, 3.63) is 71.3 Å². The molecule has 0 saturated heterocycles. The van der Waals surface area contributed by atoms with Gasteiger partial charge in [-0.15, -0.1) is 0 Å². The van der Waals surface area contributed by atoms with Crippen molar-refractivity contribution >= 4 is 28.4 Å². The van der Waals surface area contributed by atoms with Gasteiger partial charge in [0.25, 0.3) is 0 Å². The van der Waals surface area contributed by atoms with Gasteiger partial charge in [-0.05, 0) is 60.7 Å². The molecule has 2 heteroatoms. The molecule has 3 aromatic rings. The van der Waals surface area contributed by atoms with Crippen LogP contribution < -0.4 is 4.90 Å².